The van der Waals surface area contributed by atoms with Crippen molar-refractivity contribution in [3.05, 3.63) is 46.5 Å². The molecule has 1 aliphatic rings. The molecule has 0 radical (unpaired) electrons. The zero-order valence-electron chi connectivity index (χ0n) is 16.8. The number of allylic oxidation sites excluding steroid dienone is 1. The molecule has 0 saturated heterocycles. The Balaban J connectivity index is 2.02. The molecule has 0 atom stereocenters. The number of benzene rings is 2. The van der Waals surface area contributed by atoms with Gasteiger partial charge >= 0.3 is 0 Å². The lowest BCUT2D eigenvalue weighted by Crippen LogP contribution is -2.14. The highest BCUT2D eigenvalue weighted by atomic mass is 16.5. The summed E-state index contributed by atoms with van der Waals surface area (Å²) in [5, 5.41) is 0. The predicted octanol–water partition coefficient (Wildman–Crippen LogP) is 3.94. The van der Waals surface area contributed by atoms with Gasteiger partial charge < -0.3 is 23.7 Å². The van der Waals surface area contributed by atoms with E-state index in [2.05, 4.69) is 0 Å². The second-order valence-electron chi connectivity index (χ2n) is 6.32. The number of hydrogen-bond donors (Lipinski definition) is 0. The van der Waals surface area contributed by atoms with E-state index in [4.69, 9.17) is 23.7 Å². The molecule has 1 aliphatic carbocycles. The second kappa shape index (κ2) is 8.25. The lowest BCUT2D eigenvalue weighted by Gasteiger charge is -2.20. The molecule has 148 valence electrons. The van der Waals surface area contributed by atoms with E-state index in [0.29, 0.717) is 46.3 Å². The van der Waals surface area contributed by atoms with E-state index in [0.717, 1.165) is 17.5 Å². The number of carbonyl (C=O) groups excluding carboxylic acids is 1. The fourth-order valence-electron chi connectivity index (χ4n) is 3.42. The summed E-state index contributed by atoms with van der Waals surface area (Å²) in [7, 11) is 7.84. The van der Waals surface area contributed by atoms with Gasteiger partial charge in [-0.05, 0) is 54.3 Å². The van der Waals surface area contributed by atoms with E-state index >= 15 is 0 Å². The van der Waals surface area contributed by atoms with Crippen LogP contribution in [-0.4, -0.2) is 41.3 Å². The molecule has 0 aliphatic heterocycles. The van der Waals surface area contributed by atoms with Gasteiger partial charge in [0.05, 0.1) is 35.5 Å². The Morgan fingerprint density at radius 1 is 0.714 bits per heavy atom. The number of ketones is 1. The van der Waals surface area contributed by atoms with E-state index < -0.39 is 0 Å². The van der Waals surface area contributed by atoms with Gasteiger partial charge in [0.2, 0.25) is 5.75 Å². The van der Waals surface area contributed by atoms with Gasteiger partial charge in [-0.15, -0.1) is 0 Å². The van der Waals surface area contributed by atoms with Crippen LogP contribution in [0, 0.1) is 0 Å². The van der Waals surface area contributed by atoms with Crippen LogP contribution >= 0.6 is 0 Å². The summed E-state index contributed by atoms with van der Waals surface area (Å²) >= 11 is 0. The van der Waals surface area contributed by atoms with Gasteiger partial charge in [0, 0.05) is 11.1 Å². The fraction of sp³-hybridized carbons (Fsp3) is 0.318. The van der Waals surface area contributed by atoms with Crippen molar-refractivity contribution in [2.75, 3.05) is 35.5 Å². The van der Waals surface area contributed by atoms with E-state index in [1.54, 1.807) is 41.6 Å². The normalized spacial score (nSPS) is 14.5. The van der Waals surface area contributed by atoms with Crippen molar-refractivity contribution in [1.29, 1.82) is 0 Å². The van der Waals surface area contributed by atoms with Crippen LogP contribution < -0.4 is 23.7 Å². The van der Waals surface area contributed by atoms with Gasteiger partial charge in [0.25, 0.3) is 0 Å². The molecule has 0 spiro atoms. The Labute approximate surface area is 164 Å². The molecule has 0 fully saturated rings. The maximum atomic E-state index is 13.1. The third-order valence-electron chi connectivity index (χ3n) is 4.84. The molecule has 0 amide bonds. The van der Waals surface area contributed by atoms with Crippen molar-refractivity contribution in [3.8, 4) is 28.7 Å². The van der Waals surface area contributed by atoms with Gasteiger partial charge in [-0.25, -0.2) is 0 Å². The molecule has 0 aromatic heterocycles. The van der Waals surface area contributed by atoms with Crippen LogP contribution in [0.4, 0.5) is 0 Å². The quantitative estimate of drug-likeness (QED) is 0.703. The first-order valence-corrected chi connectivity index (χ1v) is 8.86. The first-order valence-electron chi connectivity index (χ1n) is 8.86. The maximum Gasteiger partial charge on any atom is 0.203 e. The molecule has 0 bridgehead atoms. The minimum Gasteiger partial charge on any atom is -0.493 e. The predicted molar refractivity (Wildman–Crippen MR) is 106 cm³/mol. The number of Topliss-reactive ketones (excluding diaryl/α,β-unsaturated/α-hetero) is 1. The maximum absolute atomic E-state index is 13.1. The molecular weight excluding hydrogens is 360 g/mol. The van der Waals surface area contributed by atoms with Crippen LogP contribution in [0.1, 0.15) is 27.9 Å². The molecular formula is C22H24O6. The smallest absolute Gasteiger partial charge is 0.203 e. The number of fused-ring (bicyclic) bond motifs is 1. The van der Waals surface area contributed by atoms with E-state index in [-0.39, 0.29) is 5.78 Å². The Bertz CT molecular complexity index is 904. The summed E-state index contributed by atoms with van der Waals surface area (Å²) in [5.41, 5.74) is 3.13. The van der Waals surface area contributed by atoms with Crippen molar-refractivity contribution in [2.24, 2.45) is 0 Å². The molecule has 28 heavy (non-hydrogen) atoms. The summed E-state index contributed by atoms with van der Waals surface area (Å²) in [5.74, 6) is 2.77. The highest BCUT2D eigenvalue weighted by molar-refractivity contribution is 6.13. The number of carbonyl (C=O) groups is 1. The van der Waals surface area contributed by atoms with Gasteiger partial charge in [0.15, 0.2) is 28.8 Å². The van der Waals surface area contributed by atoms with Crippen LogP contribution in [-0.2, 0) is 6.42 Å². The average Bonchev–Trinajstić information content (AvgIpc) is 2.73. The average molecular weight is 384 g/mol. The monoisotopic (exact) mass is 384 g/mol. The Kier molecular flexibility index (Phi) is 5.78. The first kappa shape index (κ1) is 19.6. The zero-order chi connectivity index (χ0) is 20.3. The largest absolute Gasteiger partial charge is 0.493 e. The Morgan fingerprint density at radius 2 is 1.29 bits per heavy atom. The van der Waals surface area contributed by atoms with Gasteiger partial charge in [-0.1, -0.05) is 0 Å². The van der Waals surface area contributed by atoms with Crippen LogP contribution in [0.2, 0.25) is 0 Å². The molecule has 2 aromatic rings. The molecule has 0 N–H and O–H groups in total. The van der Waals surface area contributed by atoms with Crippen molar-refractivity contribution in [1.82, 2.24) is 0 Å². The van der Waals surface area contributed by atoms with Crippen LogP contribution in [0.5, 0.6) is 28.7 Å². The molecule has 2 aromatic carbocycles. The third kappa shape index (κ3) is 3.50. The SMILES string of the molecule is COc1cc2c(cc1OC)C(=O)/C(=C/c1cc(OC)c(OC)c(OC)c1)CC2. The van der Waals surface area contributed by atoms with Crippen LogP contribution in [0.25, 0.3) is 6.08 Å². The highest BCUT2D eigenvalue weighted by Gasteiger charge is 2.25. The summed E-state index contributed by atoms with van der Waals surface area (Å²) in [6.07, 6.45) is 3.25. The van der Waals surface area contributed by atoms with Crippen molar-refractivity contribution in [3.63, 3.8) is 0 Å². The topological polar surface area (TPSA) is 63.2 Å². The molecule has 3 rings (SSSR count). The molecule has 0 unspecified atom stereocenters. The van der Waals surface area contributed by atoms with Crippen molar-refractivity contribution in [2.45, 2.75) is 12.8 Å². The van der Waals surface area contributed by atoms with Crippen LogP contribution in [0.3, 0.4) is 0 Å². The molecule has 6 nitrogen and oxygen atoms in total. The summed E-state index contributed by atoms with van der Waals surface area (Å²) in [4.78, 5) is 13.1. The second-order valence-corrected chi connectivity index (χ2v) is 6.32. The van der Waals surface area contributed by atoms with Crippen molar-refractivity contribution < 1.29 is 28.5 Å². The number of methoxy groups -OCH3 is 5. The number of hydrogen-bond acceptors (Lipinski definition) is 6. The zero-order valence-corrected chi connectivity index (χ0v) is 16.8. The van der Waals surface area contributed by atoms with Crippen LogP contribution in [0.15, 0.2) is 29.8 Å². The van der Waals surface area contributed by atoms with E-state index in [1.165, 1.54) is 0 Å². The van der Waals surface area contributed by atoms with Gasteiger partial charge in [0.1, 0.15) is 0 Å². The summed E-state index contributed by atoms with van der Waals surface area (Å²) in [6, 6.07) is 7.28. The molecule has 0 heterocycles. The van der Waals surface area contributed by atoms with E-state index in [1.807, 2.05) is 24.3 Å². The fourth-order valence-corrected chi connectivity index (χ4v) is 3.42. The van der Waals surface area contributed by atoms with Crippen molar-refractivity contribution >= 4 is 11.9 Å². The third-order valence-corrected chi connectivity index (χ3v) is 4.84. The lowest BCUT2D eigenvalue weighted by atomic mass is 9.85. The van der Waals surface area contributed by atoms with Gasteiger partial charge in [-0.3, -0.25) is 4.79 Å². The lowest BCUT2D eigenvalue weighted by molar-refractivity contribution is 0.102. The summed E-state index contributed by atoms with van der Waals surface area (Å²) < 4.78 is 26.8. The Hall–Kier alpha value is -3.15. The van der Waals surface area contributed by atoms with E-state index in [9.17, 15) is 4.79 Å². The van der Waals surface area contributed by atoms with Gasteiger partial charge in [-0.2, -0.15) is 0 Å². The standard InChI is InChI=1S/C22H24O6/c1-24-17-11-14-6-7-15(21(23)16(14)12-18(17)25-2)8-13-9-19(26-3)22(28-5)20(10-13)27-4/h8-12H,6-7H2,1-5H3/b15-8+. The molecule has 6 heteroatoms. The number of ether oxygens (including phenoxy) is 5. The number of aryl methyl sites for hydroxylation is 1. The first-order chi connectivity index (χ1) is 13.6. The minimum absolute atomic E-state index is 0.0176. The Morgan fingerprint density at radius 3 is 1.82 bits per heavy atom. The minimum atomic E-state index is -0.0176. The molecule has 0 saturated carbocycles. The highest BCUT2D eigenvalue weighted by Crippen LogP contribution is 2.40. The summed E-state index contributed by atoms with van der Waals surface area (Å²) in [6.45, 7) is 0. The number of rotatable bonds is 6.